The van der Waals surface area contributed by atoms with Crippen LogP contribution in [0.2, 0.25) is 17.5 Å². The van der Waals surface area contributed by atoms with Crippen LogP contribution in [0.5, 0.6) is 0 Å². The lowest BCUT2D eigenvalue weighted by atomic mass is 9.17. The van der Waals surface area contributed by atoms with Gasteiger partial charge in [0.1, 0.15) is 0 Å². The average Bonchev–Trinajstić information content (AvgIpc) is 0.722. The molecular formula is C106H170BN3. The first-order valence-corrected chi connectivity index (χ1v) is 54.0. The Bertz CT molecular complexity index is 2840. The zero-order valence-electron chi connectivity index (χ0n) is 71.4. The molecule has 21 aliphatic carbocycles. The van der Waals surface area contributed by atoms with Crippen LogP contribution in [0.3, 0.4) is 0 Å². The van der Waals surface area contributed by atoms with Gasteiger partial charge in [-0.2, -0.15) is 0 Å². The van der Waals surface area contributed by atoms with E-state index in [1.165, 1.54) is 0 Å². The van der Waals surface area contributed by atoms with Crippen LogP contribution in [0.25, 0.3) is 0 Å². The first-order valence-electron chi connectivity index (χ1n) is 54.0. The highest BCUT2D eigenvalue weighted by Gasteiger charge is 2.72. The van der Waals surface area contributed by atoms with Crippen LogP contribution in [-0.4, -0.2) is 75.8 Å². The van der Waals surface area contributed by atoms with Crippen LogP contribution in [0.1, 0.15) is 411 Å². The Morgan fingerprint density at radius 1 is 0.155 bits per heavy atom. The minimum absolute atomic E-state index is 0.835. The monoisotopic (exact) mass is 1500 g/mol. The summed E-state index contributed by atoms with van der Waals surface area (Å²) < 4.78 is 0. The van der Waals surface area contributed by atoms with E-state index in [2.05, 4.69) is 14.7 Å². The quantitative estimate of drug-likeness (QED) is 0.213. The molecule has 3 heterocycles. The van der Waals surface area contributed by atoms with E-state index in [4.69, 9.17) is 0 Å². The summed E-state index contributed by atoms with van der Waals surface area (Å²) in [5, 5.41) is 0. The molecule has 24 fully saturated rings. The van der Waals surface area contributed by atoms with Crippen molar-refractivity contribution in [2.24, 2.45) is 178 Å². The fourth-order valence-electron chi connectivity index (χ4n) is 44.0. The summed E-state index contributed by atoms with van der Waals surface area (Å²) in [6, 6.07) is 7.92. The van der Waals surface area contributed by atoms with Crippen LogP contribution in [0.15, 0.2) is 0 Å². The van der Waals surface area contributed by atoms with Crippen molar-refractivity contribution < 1.29 is 0 Å². The van der Waals surface area contributed by atoms with Gasteiger partial charge in [0, 0.05) is 54.4 Å². The predicted molar refractivity (Wildman–Crippen MR) is 457 cm³/mol. The molecule has 0 radical (unpaired) electrons. The van der Waals surface area contributed by atoms with Crippen molar-refractivity contribution in [3.05, 3.63) is 0 Å². The van der Waals surface area contributed by atoms with Gasteiger partial charge in [0.2, 0.25) is 0 Å². The molecule has 3 saturated heterocycles. The Morgan fingerprint density at radius 3 is 0.827 bits per heavy atom. The number of rotatable bonds is 9. The lowest BCUT2D eigenvalue weighted by molar-refractivity contribution is -0.170. The first-order chi connectivity index (χ1) is 54.6. The fraction of sp³-hybridized carbons (Fsp3) is 1.00. The molecular weight excluding hydrogens is 1330 g/mol. The minimum Gasteiger partial charge on any atom is -0.295 e. The van der Waals surface area contributed by atoms with E-state index < -0.39 is 0 Å². The van der Waals surface area contributed by atoms with Crippen LogP contribution < -0.4 is 0 Å². The number of fused-ring (bicyclic) bond motifs is 11. The predicted octanol–water partition coefficient (Wildman–Crippen LogP) is 27.6. The summed E-state index contributed by atoms with van der Waals surface area (Å²) in [5.74, 6) is 35.1. The average molecular weight is 1500 g/mol. The summed E-state index contributed by atoms with van der Waals surface area (Å²) in [6.45, 7) is 1.01. The molecule has 0 bridgehead atoms. The highest BCUT2D eigenvalue weighted by molar-refractivity contribution is 6.65. The molecule has 24 rings (SSSR count). The molecule has 21 saturated carbocycles. The third kappa shape index (κ3) is 12.2. The summed E-state index contributed by atoms with van der Waals surface area (Å²) in [7, 11) is 0. The summed E-state index contributed by atoms with van der Waals surface area (Å²) >= 11 is 0. The maximum atomic E-state index is 4.07. The Hall–Kier alpha value is -0.0551. The third-order valence-electron chi connectivity index (χ3n) is 46.3. The summed E-state index contributed by atoms with van der Waals surface area (Å²) in [5.41, 5.74) is 0. The molecule has 24 aliphatic rings. The second kappa shape index (κ2) is 31.1. The second-order valence-corrected chi connectivity index (χ2v) is 49.0. The van der Waals surface area contributed by atoms with Crippen LogP contribution >= 0.6 is 0 Å². The highest BCUT2D eigenvalue weighted by Crippen LogP contribution is 2.74. The Balaban J connectivity index is 0.699. The van der Waals surface area contributed by atoms with Crippen molar-refractivity contribution in [3.8, 4) is 0 Å². The first kappa shape index (κ1) is 73.8. The Labute approximate surface area is 677 Å². The molecule has 612 valence electrons. The van der Waals surface area contributed by atoms with Gasteiger partial charge < -0.3 is 0 Å². The molecule has 0 N–H and O–H groups in total. The van der Waals surface area contributed by atoms with E-state index >= 15 is 0 Å². The van der Waals surface area contributed by atoms with Gasteiger partial charge in [0.15, 0.2) is 6.71 Å². The van der Waals surface area contributed by atoms with E-state index in [1.54, 1.807) is 411 Å². The zero-order chi connectivity index (χ0) is 71.8. The molecule has 4 heteroatoms. The maximum Gasteiger partial charge on any atom is 0.156 e. The van der Waals surface area contributed by atoms with Gasteiger partial charge in [-0.1, -0.05) is 257 Å². The van der Waals surface area contributed by atoms with Crippen LogP contribution in [0, 0.1) is 178 Å². The van der Waals surface area contributed by atoms with Crippen molar-refractivity contribution in [1.82, 2.24) is 14.7 Å². The number of hydrogen-bond donors (Lipinski definition) is 0. The van der Waals surface area contributed by atoms with Crippen molar-refractivity contribution in [3.63, 3.8) is 0 Å². The molecule has 0 spiro atoms. The largest absolute Gasteiger partial charge is 0.295 e. The van der Waals surface area contributed by atoms with Crippen molar-refractivity contribution >= 4 is 6.71 Å². The number of likely N-dealkylation sites (tertiary alicyclic amines) is 1. The maximum absolute atomic E-state index is 4.07. The molecule has 34 unspecified atom stereocenters. The van der Waals surface area contributed by atoms with Gasteiger partial charge in [0.05, 0.1) is 0 Å². The van der Waals surface area contributed by atoms with Crippen LogP contribution in [0.4, 0.5) is 0 Å². The molecule has 0 amide bonds. The van der Waals surface area contributed by atoms with Crippen LogP contribution in [-0.2, 0) is 0 Å². The Morgan fingerprint density at radius 2 is 0.445 bits per heavy atom. The topological polar surface area (TPSA) is 9.72 Å². The zero-order valence-corrected chi connectivity index (χ0v) is 71.4. The highest BCUT2D eigenvalue weighted by atomic mass is 15.3. The molecule has 0 aromatic carbocycles. The number of nitrogens with zero attached hydrogens (tertiary/aromatic N) is 3. The van der Waals surface area contributed by atoms with Gasteiger partial charge in [-0.15, -0.1) is 0 Å². The van der Waals surface area contributed by atoms with E-state index in [9.17, 15) is 0 Å². The van der Waals surface area contributed by atoms with Crippen molar-refractivity contribution in [1.29, 1.82) is 0 Å². The second-order valence-electron chi connectivity index (χ2n) is 49.0. The normalized spacial score (nSPS) is 55.0. The fourth-order valence-corrected chi connectivity index (χ4v) is 44.0. The molecule has 3 nitrogen and oxygen atoms in total. The molecule has 0 aromatic heterocycles. The van der Waals surface area contributed by atoms with Crippen molar-refractivity contribution in [2.45, 2.75) is 483 Å². The minimum atomic E-state index is 0.835. The standard InChI is InChI=1S/C106H170BN3/c1-5-25-65(26-6-1)78-41-23-42-79(66-27-7-2-8-28-66)105(78)109-94-59-55-73(76-57-53-71-37-19-47-86-84-45-17-33-69-35-21-49-88(98(69)84)102(76)100(71)86)61-90(94)107-91-62-74(77-58-54-72-38-20-48-87-85-46-18-34-70-36-22-50-89(99(70)85)103(77)101(72)87)56-60-95(91)110(106-80(67-29-9-3-10-30-67)43-24-44-81(106)68-31-11-4-12-32-68)97-64-75(63-96(109)104(97)107)108-92-51-15-13-39-82(92)83-40-14-16-52-93(83)108/h65-106H,1-64H2. The van der Waals surface area contributed by atoms with Gasteiger partial charge in [-0.05, 0) is 349 Å². The lowest BCUT2D eigenvalue weighted by Crippen LogP contribution is -2.78. The Kier molecular flexibility index (Phi) is 20.9. The van der Waals surface area contributed by atoms with Gasteiger partial charge in [0.25, 0.3) is 0 Å². The number of hydrogen-bond acceptors (Lipinski definition) is 3. The summed E-state index contributed by atoms with van der Waals surface area (Å²) in [4.78, 5) is 11.9. The van der Waals surface area contributed by atoms with E-state index in [1.807, 2.05) is 0 Å². The lowest BCUT2D eigenvalue weighted by Gasteiger charge is -2.73. The molecule has 0 aromatic rings. The molecule has 110 heavy (non-hydrogen) atoms. The van der Waals surface area contributed by atoms with Gasteiger partial charge >= 0.3 is 0 Å². The van der Waals surface area contributed by atoms with Gasteiger partial charge in [-0.25, -0.2) is 0 Å². The van der Waals surface area contributed by atoms with Gasteiger partial charge in [-0.3, -0.25) is 14.7 Å². The van der Waals surface area contributed by atoms with E-state index in [0.29, 0.717) is 0 Å². The third-order valence-corrected chi connectivity index (χ3v) is 46.3. The smallest absolute Gasteiger partial charge is 0.156 e. The van der Waals surface area contributed by atoms with Crippen molar-refractivity contribution in [2.75, 3.05) is 0 Å². The SMILES string of the molecule is C1CCC(C2CCCC(C3CCCCC3)C2N2C3CCC(C4CCC5CCCC6C7CCCC8CCCC(C87)C4C56)CC3B3C4CC(C5CCC6CCCC7C8CCCC9CCCC(C98)C5C67)CCC4N(C4C(C5CCCCC5)CCCC4C4CCCCC4)C4CC(N5C6CCCCC6C6CCCCC65)CC2C34)CC1. The van der Waals surface area contributed by atoms with E-state index in [-0.39, 0.29) is 0 Å². The summed E-state index contributed by atoms with van der Waals surface area (Å²) in [6.07, 6.45) is 103. The molecule has 34 atom stereocenters. The van der Waals surface area contributed by atoms with E-state index in [0.717, 1.165) is 256 Å². The molecule has 3 aliphatic heterocycles.